The van der Waals surface area contributed by atoms with Crippen molar-refractivity contribution >= 4 is 67.9 Å². The minimum atomic E-state index is -3.76. The van der Waals surface area contributed by atoms with E-state index in [-0.39, 0.29) is 11.5 Å². The Kier molecular flexibility index (Phi) is 5.91. The molecule has 3 aromatic rings. The second-order valence-electron chi connectivity index (χ2n) is 8.20. The second-order valence-corrected chi connectivity index (χ2v) is 16.2. The SMILES string of the molecule is [C-]#[N+]/C(=C\c1cc2c(s1)-c1sc(N(C)CCO)cc1[Si]2(C)C)c1ccc(S(N)(=O)=O)cc1. The van der Waals surface area contributed by atoms with E-state index in [4.69, 9.17) is 11.7 Å². The van der Waals surface area contributed by atoms with Crippen LogP contribution < -0.4 is 20.4 Å². The van der Waals surface area contributed by atoms with Crippen LogP contribution in [0.3, 0.4) is 0 Å². The smallest absolute Gasteiger partial charge is 0.238 e. The molecule has 3 N–H and O–H groups in total. The molecule has 3 heterocycles. The highest BCUT2D eigenvalue weighted by Crippen LogP contribution is 2.42. The molecule has 0 atom stereocenters. The van der Waals surface area contributed by atoms with Gasteiger partial charge in [0.05, 0.1) is 23.1 Å². The molecule has 6 nitrogen and oxygen atoms in total. The van der Waals surface area contributed by atoms with Crippen molar-refractivity contribution in [3.05, 3.63) is 58.3 Å². The van der Waals surface area contributed by atoms with Gasteiger partial charge in [0.2, 0.25) is 10.0 Å². The summed E-state index contributed by atoms with van der Waals surface area (Å²) in [5.74, 6) is 0. The number of anilines is 1. The maximum atomic E-state index is 11.5. The highest BCUT2D eigenvalue weighted by Gasteiger charge is 2.41. The number of fused-ring (bicyclic) bond motifs is 3. The van der Waals surface area contributed by atoms with Gasteiger partial charge >= 0.3 is 0 Å². The third kappa shape index (κ3) is 3.96. The van der Waals surface area contributed by atoms with Crippen LogP contribution in [-0.4, -0.2) is 41.8 Å². The third-order valence-electron chi connectivity index (χ3n) is 5.71. The van der Waals surface area contributed by atoms with Gasteiger partial charge in [0.1, 0.15) is 8.07 Å². The quantitative estimate of drug-likeness (QED) is 0.401. The monoisotopic (exact) mass is 501 g/mol. The summed E-state index contributed by atoms with van der Waals surface area (Å²) in [6.45, 7) is 13.1. The Bertz CT molecular complexity index is 1360. The molecule has 0 saturated carbocycles. The third-order valence-corrected chi connectivity index (χ3v) is 13.0. The topological polar surface area (TPSA) is 88.0 Å². The summed E-state index contributed by atoms with van der Waals surface area (Å²) < 4.78 is 23.0. The number of primary sulfonamides is 1. The van der Waals surface area contributed by atoms with Crippen LogP contribution in [0, 0.1) is 6.57 Å². The lowest BCUT2D eigenvalue weighted by molar-refractivity contribution is 0.304. The number of sulfonamides is 1. The lowest BCUT2D eigenvalue weighted by Gasteiger charge is -2.18. The van der Waals surface area contributed by atoms with Gasteiger partial charge in [-0.05, 0) is 46.3 Å². The van der Waals surface area contributed by atoms with E-state index in [9.17, 15) is 13.5 Å². The van der Waals surface area contributed by atoms with Crippen LogP contribution in [0.4, 0.5) is 5.00 Å². The van der Waals surface area contributed by atoms with Gasteiger partial charge in [0.25, 0.3) is 0 Å². The number of aliphatic hydroxyl groups excluding tert-OH is 1. The zero-order valence-corrected chi connectivity index (χ0v) is 21.4. The van der Waals surface area contributed by atoms with Gasteiger partial charge in [0.15, 0.2) is 5.70 Å². The van der Waals surface area contributed by atoms with Crippen LogP contribution in [0.15, 0.2) is 41.3 Å². The zero-order valence-electron chi connectivity index (χ0n) is 17.9. The number of hydrogen-bond donors (Lipinski definition) is 2. The first-order valence-electron chi connectivity index (χ1n) is 9.89. The van der Waals surface area contributed by atoms with Crippen molar-refractivity contribution in [2.75, 3.05) is 25.1 Å². The number of hydrogen-bond acceptors (Lipinski definition) is 6. The molecule has 32 heavy (non-hydrogen) atoms. The normalized spacial score (nSPS) is 14.7. The molecule has 1 aromatic carbocycles. The molecule has 1 aliphatic rings. The maximum absolute atomic E-state index is 11.5. The highest BCUT2D eigenvalue weighted by molar-refractivity contribution is 7.89. The Morgan fingerprint density at radius 3 is 2.41 bits per heavy atom. The lowest BCUT2D eigenvalue weighted by Crippen LogP contribution is -2.48. The molecule has 0 spiro atoms. The number of benzene rings is 1. The molecule has 0 saturated heterocycles. The summed E-state index contributed by atoms with van der Waals surface area (Å²) >= 11 is 3.46. The zero-order chi connectivity index (χ0) is 23.3. The van der Waals surface area contributed by atoms with Gasteiger partial charge in [-0.15, -0.1) is 22.7 Å². The van der Waals surface area contributed by atoms with Crippen molar-refractivity contribution in [1.29, 1.82) is 0 Å². The standard InChI is InChI=1S/C22H23N3O3S3Si/c1-24-17(14-5-7-16(8-6-14)31(23,27)28)11-15-12-18-21(29-15)22-19(32(18,3)4)13-20(30-22)25(2)9-10-26/h5-8,11-13,26H,9-10H2,2-4H3,(H2,23,27,28)/b17-11-. The van der Waals surface area contributed by atoms with Crippen LogP contribution in [0.2, 0.25) is 13.1 Å². The first-order valence-corrected chi connectivity index (χ1v) is 16.1. The molecule has 1 aliphatic heterocycles. The average Bonchev–Trinajstić information content (AvgIpc) is 3.40. The Balaban J connectivity index is 1.71. The number of nitrogens with zero attached hydrogens (tertiary/aromatic N) is 2. The number of likely N-dealkylation sites (N-methyl/N-ethyl adjacent to an activating group) is 1. The maximum Gasteiger partial charge on any atom is 0.238 e. The van der Waals surface area contributed by atoms with Gasteiger partial charge < -0.3 is 10.0 Å². The largest absolute Gasteiger partial charge is 0.395 e. The Hall–Kier alpha value is -2.26. The Morgan fingerprint density at radius 1 is 1.19 bits per heavy atom. The molecule has 166 valence electrons. The fourth-order valence-corrected chi connectivity index (χ4v) is 11.5. The van der Waals surface area contributed by atoms with E-state index in [1.165, 1.54) is 32.3 Å². The summed E-state index contributed by atoms with van der Waals surface area (Å²) in [4.78, 5) is 9.40. The molecule has 4 rings (SSSR count). The summed E-state index contributed by atoms with van der Waals surface area (Å²) in [5, 5.41) is 18.4. The minimum absolute atomic E-state index is 0.0284. The molecule has 0 fully saturated rings. The van der Waals surface area contributed by atoms with Crippen LogP contribution in [0.25, 0.3) is 26.4 Å². The fraction of sp³-hybridized carbons (Fsp3) is 0.227. The molecule has 2 aromatic heterocycles. The molecule has 0 aliphatic carbocycles. The van der Waals surface area contributed by atoms with E-state index < -0.39 is 18.1 Å². The van der Waals surface area contributed by atoms with Crippen molar-refractivity contribution in [3.63, 3.8) is 0 Å². The summed E-state index contributed by atoms with van der Waals surface area (Å²) in [6, 6.07) is 10.6. The van der Waals surface area contributed by atoms with Gasteiger partial charge in [-0.3, -0.25) is 0 Å². The Morgan fingerprint density at radius 2 is 1.81 bits per heavy atom. The van der Waals surface area contributed by atoms with Crippen LogP contribution in [0.1, 0.15) is 10.4 Å². The van der Waals surface area contributed by atoms with E-state index >= 15 is 0 Å². The summed E-state index contributed by atoms with van der Waals surface area (Å²) in [5.41, 5.74) is 1.11. The Labute approximate surface area is 197 Å². The minimum Gasteiger partial charge on any atom is -0.395 e. The van der Waals surface area contributed by atoms with Gasteiger partial charge in [-0.25, -0.2) is 18.4 Å². The van der Waals surface area contributed by atoms with Crippen molar-refractivity contribution in [3.8, 4) is 9.75 Å². The fourth-order valence-electron chi connectivity index (χ4n) is 3.85. The highest BCUT2D eigenvalue weighted by atomic mass is 32.2. The predicted molar refractivity (Wildman–Crippen MR) is 137 cm³/mol. The lowest BCUT2D eigenvalue weighted by atomic mass is 10.1. The molecule has 0 bridgehead atoms. The van der Waals surface area contributed by atoms with E-state index in [1.54, 1.807) is 34.8 Å². The van der Waals surface area contributed by atoms with E-state index in [1.807, 2.05) is 13.1 Å². The number of rotatable bonds is 6. The first kappa shape index (κ1) is 22.9. The predicted octanol–water partition coefficient (Wildman–Crippen LogP) is 3.11. The molecule has 0 amide bonds. The first-order chi connectivity index (χ1) is 15.1. The number of nitrogens with two attached hydrogens (primary N) is 1. The van der Waals surface area contributed by atoms with Crippen molar-refractivity contribution < 1.29 is 13.5 Å². The van der Waals surface area contributed by atoms with E-state index in [0.717, 1.165) is 9.88 Å². The van der Waals surface area contributed by atoms with Crippen molar-refractivity contribution in [2.45, 2.75) is 18.0 Å². The van der Waals surface area contributed by atoms with Crippen LogP contribution in [-0.2, 0) is 10.0 Å². The van der Waals surface area contributed by atoms with Crippen molar-refractivity contribution in [2.24, 2.45) is 5.14 Å². The van der Waals surface area contributed by atoms with Gasteiger partial charge in [0, 0.05) is 28.2 Å². The van der Waals surface area contributed by atoms with E-state index in [2.05, 4.69) is 35.0 Å². The van der Waals surface area contributed by atoms with Gasteiger partial charge in [-0.1, -0.05) is 25.2 Å². The van der Waals surface area contributed by atoms with Crippen LogP contribution in [0.5, 0.6) is 0 Å². The molecular weight excluding hydrogens is 479 g/mol. The van der Waals surface area contributed by atoms with Crippen LogP contribution >= 0.6 is 22.7 Å². The second kappa shape index (κ2) is 8.26. The summed E-state index contributed by atoms with van der Waals surface area (Å²) in [6.07, 6.45) is 1.87. The van der Waals surface area contributed by atoms with Gasteiger partial charge in [-0.2, -0.15) is 0 Å². The molecule has 0 unspecified atom stereocenters. The molecule has 10 heteroatoms. The molecule has 0 radical (unpaired) electrons. The van der Waals surface area contributed by atoms with Crippen molar-refractivity contribution in [1.82, 2.24) is 0 Å². The number of thiophene rings is 2. The average molecular weight is 502 g/mol. The number of aliphatic hydroxyl groups is 1. The van der Waals surface area contributed by atoms with E-state index in [0.29, 0.717) is 17.8 Å². The molecular formula is C22H23N3O3S3Si. The summed E-state index contributed by atoms with van der Waals surface area (Å²) in [7, 11) is -3.60.